The van der Waals surface area contributed by atoms with E-state index in [1.54, 1.807) is 12.1 Å². The number of nitrogens with zero attached hydrogens (tertiary/aromatic N) is 1. The molecule has 2 rings (SSSR count). The van der Waals surface area contributed by atoms with Gasteiger partial charge in [0.05, 0.1) is 12.2 Å². The number of aromatic nitrogens is 1. The lowest BCUT2D eigenvalue weighted by molar-refractivity contribution is -0.137. The van der Waals surface area contributed by atoms with Gasteiger partial charge in [0, 0.05) is 28.2 Å². The standard InChI is InChI=1S/C20H17Cl4F3NO2/c1-12(3-2-7-30-18-5-4-13(11-28-18)20(25,26)27)19-15(21)9-14(10-16(19)22)29-8-6-17(23)24/h4-6,9-11H,2-3,7-8H2,1H3. The van der Waals surface area contributed by atoms with Crippen LogP contribution in [-0.4, -0.2) is 18.2 Å². The average Bonchev–Trinajstić information content (AvgIpc) is 2.64. The van der Waals surface area contributed by atoms with E-state index in [1.807, 2.05) is 6.92 Å². The summed E-state index contributed by atoms with van der Waals surface area (Å²) in [4.78, 5) is 3.67. The van der Waals surface area contributed by atoms with Crippen LogP contribution in [0.5, 0.6) is 11.6 Å². The molecule has 0 bridgehead atoms. The Kier molecular flexibility index (Phi) is 9.41. The van der Waals surface area contributed by atoms with Crippen molar-refractivity contribution < 1.29 is 22.6 Å². The van der Waals surface area contributed by atoms with Gasteiger partial charge in [-0.3, -0.25) is 0 Å². The maximum absolute atomic E-state index is 12.5. The third-order valence-corrected chi connectivity index (χ3v) is 4.84. The highest BCUT2D eigenvalue weighted by molar-refractivity contribution is 6.55. The third-order valence-electron chi connectivity index (χ3n) is 3.94. The fourth-order valence-corrected chi connectivity index (χ4v) is 3.43. The van der Waals surface area contributed by atoms with E-state index < -0.39 is 11.7 Å². The van der Waals surface area contributed by atoms with Gasteiger partial charge >= 0.3 is 6.18 Å². The minimum absolute atomic E-state index is 0.0988. The first-order valence-electron chi connectivity index (χ1n) is 8.69. The number of hydrogen-bond donors (Lipinski definition) is 0. The molecule has 0 atom stereocenters. The van der Waals surface area contributed by atoms with E-state index in [1.165, 1.54) is 12.1 Å². The number of halogens is 7. The van der Waals surface area contributed by atoms with Gasteiger partial charge in [0.25, 0.3) is 0 Å². The molecule has 0 unspecified atom stereocenters. The second kappa shape index (κ2) is 11.3. The predicted octanol–water partition coefficient (Wildman–Crippen LogP) is 7.91. The SMILES string of the molecule is C[C](CCCOc1ccc(C(F)(F)F)cn1)c1c(Cl)cc(OCC=C(Cl)Cl)cc1Cl. The Morgan fingerprint density at radius 1 is 1.10 bits per heavy atom. The lowest BCUT2D eigenvalue weighted by atomic mass is 9.96. The van der Waals surface area contributed by atoms with Gasteiger partial charge in [-0.15, -0.1) is 0 Å². The zero-order valence-corrected chi connectivity index (χ0v) is 18.7. The quantitative estimate of drug-likeness (QED) is 0.327. The molecule has 1 aromatic carbocycles. The van der Waals surface area contributed by atoms with Crippen molar-refractivity contribution in [2.75, 3.05) is 13.2 Å². The Morgan fingerprint density at radius 3 is 2.30 bits per heavy atom. The molecule has 1 radical (unpaired) electrons. The molecule has 0 N–H and O–H groups in total. The summed E-state index contributed by atoms with van der Waals surface area (Å²) in [7, 11) is 0. The van der Waals surface area contributed by atoms with Crippen LogP contribution in [0.15, 0.2) is 41.0 Å². The summed E-state index contributed by atoms with van der Waals surface area (Å²) >= 11 is 23.7. The Labute approximate surface area is 192 Å². The van der Waals surface area contributed by atoms with Gasteiger partial charge in [0.2, 0.25) is 5.88 Å². The lowest BCUT2D eigenvalue weighted by Gasteiger charge is -2.16. The second-order valence-corrected chi connectivity index (χ2v) is 8.00. The normalized spacial score (nSPS) is 11.5. The fraction of sp³-hybridized carbons (Fsp3) is 0.300. The van der Waals surface area contributed by atoms with Gasteiger partial charge in [-0.25, -0.2) is 4.98 Å². The minimum atomic E-state index is -4.43. The van der Waals surface area contributed by atoms with Crippen LogP contribution in [0.25, 0.3) is 0 Å². The summed E-state index contributed by atoms with van der Waals surface area (Å²) in [5.41, 5.74) is -0.123. The molecule has 1 heterocycles. The summed E-state index contributed by atoms with van der Waals surface area (Å²) in [5.74, 6) is 1.54. The van der Waals surface area contributed by atoms with Crippen LogP contribution < -0.4 is 9.47 Å². The van der Waals surface area contributed by atoms with Crippen LogP contribution in [0.1, 0.15) is 30.9 Å². The molecule has 0 amide bonds. The number of benzene rings is 1. The summed E-state index contributed by atoms with van der Waals surface area (Å²) in [5, 5.41) is 0.863. The van der Waals surface area contributed by atoms with E-state index in [0.717, 1.165) is 18.2 Å². The van der Waals surface area contributed by atoms with Crippen molar-refractivity contribution in [3.05, 3.63) is 68.1 Å². The molecule has 1 aromatic heterocycles. The topological polar surface area (TPSA) is 31.4 Å². The van der Waals surface area contributed by atoms with Gasteiger partial charge in [0.1, 0.15) is 16.8 Å². The Morgan fingerprint density at radius 2 is 1.77 bits per heavy atom. The van der Waals surface area contributed by atoms with E-state index >= 15 is 0 Å². The smallest absolute Gasteiger partial charge is 0.417 e. The van der Waals surface area contributed by atoms with Crippen molar-refractivity contribution in [2.24, 2.45) is 0 Å². The molecule has 0 spiro atoms. The highest BCUT2D eigenvalue weighted by Gasteiger charge is 2.30. The molecular weight excluding hydrogens is 485 g/mol. The number of alkyl halides is 3. The molecule has 0 aliphatic carbocycles. The maximum Gasteiger partial charge on any atom is 0.417 e. The molecule has 0 saturated heterocycles. The van der Waals surface area contributed by atoms with Crippen molar-refractivity contribution in [1.82, 2.24) is 4.98 Å². The Bertz CT molecular complexity index is 846. The van der Waals surface area contributed by atoms with Crippen LogP contribution in [-0.2, 0) is 6.18 Å². The van der Waals surface area contributed by atoms with Crippen molar-refractivity contribution >= 4 is 46.4 Å². The third kappa shape index (κ3) is 7.73. The summed E-state index contributed by atoms with van der Waals surface area (Å²) < 4.78 is 48.6. The van der Waals surface area contributed by atoms with Gasteiger partial charge in [-0.2, -0.15) is 13.2 Å². The fourth-order valence-electron chi connectivity index (χ4n) is 2.51. The summed E-state index contributed by atoms with van der Waals surface area (Å²) in [6.45, 7) is 2.34. The lowest BCUT2D eigenvalue weighted by Crippen LogP contribution is -2.07. The molecule has 3 nitrogen and oxygen atoms in total. The predicted molar refractivity (Wildman–Crippen MR) is 114 cm³/mol. The first kappa shape index (κ1) is 24.9. The summed E-state index contributed by atoms with van der Waals surface area (Å²) in [6.07, 6.45) is -0.984. The molecular formula is C20H17Cl4F3NO2. The van der Waals surface area contributed by atoms with Gasteiger partial charge < -0.3 is 9.47 Å². The minimum Gasteiger partial charge on any atom is -0.489 e. The van der Waals surface area contributed by atoms with Crippen LogP contribution in [0, 0.1) is 5.92 Å². The highest BCUT2D eigenvalue weighted by Crippen LogP contribution is 2.37. The molecule has 0 saturated carbocycles. The molecule has 0 aliphatic heterocycles. The van der Waals surface area contributed by atoms with Crippen molar-refractivity contribution in [1.29, 1.82) is 0 Å². The molecule has 163 valence electrons. The number of rotatable bonds is 9. The monoisotopic (exact) mass is 500 g/mol. The van der Waals surface area contributed by atoms with E-state index in [9.17, 15) is 13.2 Å². The van der Waals surface area contributed by atoms with Crippen LogP contribution in [0.3, 0.4) is 0 Å². The maximum atomic E-state index is 12.5. The van der Waals surface area contributed by atoms with Crippen molar-refractivity contribution in [2.45, 2.75) is 25.9 Å². The molecule has 10 heteroatoms. The van der Waals surface area contributed by atoms with Crippen LogP contribution in [0.2, 0.25) is 10.0 Å². The van der Waals surface area contributed by atoms with E-state index in [0.29, 0.717) is 34.2 Å². The van der Waals surface area contributed by atoms with Crippen LogP contribution in [0.4, 0.5) is 13.2 Å². The zero-order chi connectivity index (χ0) is 22.3. The molecule has 30 heavy (non-hydrogen) atoms. The van der Waals surface area contributed by atoms with Crippen LogP contribution >= 0.6 is 46.4 Å². The Balaban J connectivity index is 1.87. The number of hydrogen-bond acceptors (Lipinski definition) is 3. The Hall–Kier alpha value is -1.34. The largest absolute Gasteiger partial charge is 0.489 e. The van der Waals surface area contributed by atoms with E-state index in [4.69, 9.17) is 55.9 Å². The average molecular weight is 502 g/mol. The molecule has 0 aliphatic rings. The molecule has 2 aromatic rings. The number of pyridine rings is 1. The van der Waals surface area contributed by atoms with Crippen molar-refractivity contribution in [3.63, 3.8) is 0 Å². The van der Waals surface area contributed by atoms with E-state index in [2.05, 4.69) is 4.98 Å². The second-order valence-electron chi connectivity index (χ2n) is 6.18. The van der Waals surface area contributed by atoms with Gasteiger partial charge in [-0.05, 0) is 42.7 Å². The van der Waals surface area contributed by atoms with Crippen molar-refractivity contribution in [3.8, 4) is 11.6 Å². The van der Waals surface area contributed by atoms with Gasteiger partial charge in [0.15, 0.2) is 0 Å². The summed E-state index contributed by atoms with van der Waals surface area (Å²) in [6, 6.07) is 5.41. The first-order chi connectivity index (χ1) is 14.1. The zero-order valence-electron chi connectivity index (χ0n) is 15.7. The van der Waals surface area contributed by atoms with Gasteiger partial charge in [-0.1, -0.05) is 53.3 Å². The first-order valence-corrected chi connectivity index (χ1v) is 10.2. The van der Waals surface area contributed by atoms with E-state index in [-0.39, 0.29) is 23.6 Å². The molecule has 0 fully saturated rings. The number of ether oxygens (including phenoxy) is 2. The highest BCUT2D eigenvalue weighted by atomic mass is 35.5.